The van der Waals surface area contributed by atoms with Gasteiger partial charge >= 0.3 is 0 Å². The van der Waals surface area contributed by atoms with Crippen LogP contribution in [0, 0.1) is 12.7 Å². The quantitative estimate of drug-likeness (QED) is 0.402. The monoisotopic (exact) mass is 414 g/mol. The van der Waals surface area contributed by atoms with Gasteiger partial charge in [0.2, 0.25) is 0 Å². The maximum absolute atomic E-state index is 14.4. The minimum absolute atomic E-state index is 0.331. The SMILES string of the molecule is Cc1ccccc1-n1ncc2cc(C(O)(CF)c3ccc(F)c4ccccc34)ccc21. The van der Waals surface area contributed by atoms with Crippen molar-refractivity contribution < 1.29 is 13.9 Å². The van der Waals surface area contributed by atoms with Crippen LogP contribution in [-0.2, 0) is 5.60 Å². The first kappa shape index (κ1) is 19.4. The van der Waals surface area contributed by atoms with E-state index in [0.29, 0.717) is 21.9 Å². The number of alkyl halides is 1. The summed E-state index contributed by atoms with van der Waals surface area (Å²) in [5, 5.41) is 17.6. The highest BCUT2D eigenvalue weighted by atomic mass is 19.1. The Morgan fingerprint density at radius 1 is 0.935 bits per heavy atom. The number of hydrogen-bond acceptors (Lipinski definition) is 2. The summed E-state index contributed by atoms with van der Waals surface area (Å²) in [5.41, 5.74) is 1.70. The van der Waals surface area contributed by atoms with E-state index < -0.39 is 18.1 Å². The van der Waals surface area contributed by atoms with Crippen molar-refractivity contribution in [2.75, 3.05) is 6.67 Å². The van der Waals surface area contributed by atoms with Crippen molar-refractivity contribution in [1.29, 1.82) is 0 Å². The van der Waals surface area contributed by atoms with Crippen LogP contribution < -0.4 is 0 Å². The smallest absolute Gasteiger partial charge is 0.143 e. The largest absolute Gasteiger partial charge is 0.378 e. The van der Waals surface area contributed by atoms with E-state index in [0.717, 1.165) is 22.2 Å². The van der Waals surface area contributed by atoms with Gasteiger partial charge < -0.3 is 5.11 Å². The number of rotatable bonds is 4. The fourth-order valence-corrected chi connectivity index (χ4v) is 4.21. The Morgan fingerprint density at radius 2 is 1.68 bits per heavy atom. The van der Waals surface area contributed by atoms with Gasteiger partial charge in [0.05, 0.1) is 17.4 Å². The lowest BCUT2D eigenvalue weighted by Crippen LogP contribution is -2.30. The van der Waals surface area contributed by atoms with Crippen LogP contribution in [0.5, 0.6) is 0 Å². The molecule has 5 rings (SSSR count). The molecule has 0 fully saturated rings. The third-order valence-electron chi connectivity index (χ3n) is 5.90. The summed E-state index contributed by atoms with van der Waals surface area (Å²) in [6.07, 6.45) is 1.70. The van der Waals surface area contributed by atoms with Crippen LogP contribution in [0.15, 0.2) is 85.1 Å². The molecule has 0 bridgehead atoms. The molecule has 3 nitrogen and oxygen atoms in total. The molecule has 0 aliphatic rings. The van der Waals surface area contributed by atoms with Gasteiger partial charge in [0.15, 0.2) is 0 Å². The highest BCUT2D eigenvalue weighted by molar-refractivity contribution is 5.88. The molecule has 1 atom stereocenters. The van der Waals surface area contributed by atoms with Crippen molar-refractivity contribution in [3.63, 3.8) is 0 Å². The van der Waals surface area contributed by atoms with Crippen molar-refractivity contribution in [2.45, 2.75) is 12.5 Å². The molecule has 0 saturated heterocycles. The predicted molar refractivity (Wildman–Crippen MR) is 119 cm³/mol. The average molecular weight is 414 g/mol. The van der Waals surface area contributed by atoms with Crippen LogP contribution in [0.2, 0.25) is 0 Å². The summed E-state index contributed by atoms with van der Waals surface area (Å²) in [7, 11) is 0. The van der Waals surface area contributed by atoms with E-state index in [4.69, 9.17) is 0 Å². The number of nitrogens with zero attached hydrogens (tertiary/aromatic N) is 2. The summed E-state index contributed by atoms with van der Waals surface area (Å²) >= 11 is 0. The summed E-state index contributed by atoms with van der Waals surface area (Å²) < 4.78 is 30.5. The van der Waals surface area contributed by atoms with Gasteiger partial charge in [-0.2, -0.15) is 5.10 Å². The molecule has 1 N–H and O–H groups in total. The molecular weight excluding hydrogens is 394 g/mol. The van der Waals surface area contributed by atoms with Crippen LogP contribution >= 0.6 is 0 Å². The lowest BCUT2D eigenvalue weighted by molar-refractivity contribution is 0.0533. The molecule has 5 aromatic rings. The zero-order chi connectivity index (χ0) is 21.6. The fraction of sp³-hybridized carbons (Fsp3) is 0.115. The fourth-order valence-electron chi connectivity index (χ4n) is 4.21. The second kappa shape index (κ2) is 7.29. The molecule has 5 heteroatoms. The lowest BCUT2D eigenvalue weighted by Gasteiger charge is -2.28. The van der Waals surface area contributed by atoms with Crippen LogP contribution in [0.4, 0.5) is 8.78 Å². The first-order valence-corrected chi connectivity index (χ1v) is 10.0. The standard InChI is InChI=1S/C26H20F2N2O/c1-17-6-2-5-9-24(17)30-25-13-10-19(14-18(25)15-29-30)26(31,16-27)22-11-12-23(28)21-8-4-3-7-20(21)22/h2-15,31H,16H2,1H3. The number of hydrogen-bond donors (Lipinski definition) is 1. The maximum Gasteiger partial charge on any atom is 0.143 e. The Kier molecular flexibility index (Phi) is 4.56. The summed E-state index contributed by atoms with van der Waals surface area (Å²) in [6.45, 7) is 0.971. The second-order valence-corrected chi connectivity index (χ2v) is 7.75. The second-order valence-electron chi connectivity index (χ2n) is 7.75. The van der Waals surface area contributed by atoms with Crippen molar-refractivity contribution in [2.24, 2.45) is 0 Å². The van der Waals surface area contributed by atoms with E-state index in [9.17, 15) is 13.9 Å². The van der Waals surface area contributed by atoms with Gasteiger partial charge in [0, 0.05) is 10.8 Å². The van der Waals surface area contributed by atoms with Crippen LogP contribution in [0.1, 0.15) is 16.7 Å². The lowest BCUT2D eigenvalue weighted by atomic mass is 9.84. The summed E-state index contributed by atoms with van der Waals surface area (Å²) in [4.78, 5) is 0. The highest BCUT2D eigenvalue weighted by Gasteiger charge is 2.34. The normalized spacial score (nSPS) is 13.5. The minimum atomic E-state index is -1.91. The first-order valence-electron chi connectivity index (χ1n) is 10.0. The highest BCUT2D eigenvalue weighted by Crippen LogP contribution is 2.37. The topological polar surface area (TPSA) is 38.0 Å². The van der Waals surface area contributed by atoms with Crippen molar-refractivity contribution in [3.8, 4) is 5.69 Å². The number of para-hydroxylation sites is 1. The third-order valence-corrected chi connectivity index (χ3v) is 5.90. The molecule has 0 saturated carbocycles. The molecule has 0 aliphatic carbocycles. The number of aliphatic hydroxyl groups is 1. The van der Waals surface area contributed by atoms with E-state index in [-0.39, 0.29) is 0 Å². The molecule has 4 aromatic carbocycles. The Morgan fingerprint density at radius 3 is 2.45 bits per heavy atom. The molecule has 1 unspecified atom stereocenters. The number of fused-ring (bicyclic) bond motifs is 2. The van der Waals surface area contributed by atoms with Crippen LogP contribution in [-0.4, -0.2) is 21.6 Å². The zero-order valence-corrected chi connectivity index (χ0v) is 16.9. The zero-order valence-electron chi connectivity index (χ0n) is 16.9. The molecular formula is C26H20F2N2O. The van der Waals surface area contributed by atoms with Crippen molar-refractivity contribution in [1.82, 2.24) is 9.78 Å². The van der Waals surface area contributed by atoms with Crippen molar-refractivity contribution >= 4 is 21.7 Å². The average Bonchev–Trinajstić information content (AvgIpc) is 3.22. The Hall–Kier alpha value is -3.57. The van der Waals surface area contributed by atoms with Gasteiger partial charge in [-0.3, -0.25) is 0 Å². The predicted octanol–water partition coefficient (Wildman–Crippen LogP) is 5.83. The van der Waals surface area contributed by atoms with Crippen molar-refractivity contribution in [3.05, 3.63) is 108 Å². The maximum atomic E-state index is 14.4. The Bertz CT molecular complexity index is 1430. The first-order chi connectivity index (χ1) is 15.0. The number of aryl methyl sites for hydroxylation is 1. The minimum Gasteiger partial charge on any atom is -0.378 e. The van der Waals surface area contributed by atoms with Gasteiger partial charge in [-0.25, -0.2) is 13.5 Å². The number of benzene rings is 4. The third kappa shape index (κ3) is 3.01. The van der Waals surface area contributed by atoms with E-state index in [2.05, 4.69) is 5.10 Å². The molecule has 1 heterocycles. The number of halogens is 2. The Balaban J connectivity index is 1.68. The van der Waals surface area contributed by atoms with Gasteiger partial charge in [0.25, 0.3) is 0 Å². The molecule has 0 amide bonds. The molecule has 0 aliphatic heterocycles. The summed E-state index contributed by atoms with van der Waals surface area (Å²) in [6, 6.07) is 22.7. The van der Waals surface area contributed by atoms with E-state index in [1.807, 2.05) is 41.9 Å². The molecule has 154 valence electrons. The summed E-state index contributed by atoms with van der Waals surface area (Å²) in [5.74, 6) is -0.407. The van der Waals surface area contributed by atoms with Gasteiger partial charge in [-0.1, -0.05) is 54.6 Å². The van der Waals surface area contributed by atoms with Crippen LogP contribution in [0.3, 0.4) is 0 Å². The van der Waals surface area contributed by atoms with Gasteiger partial charge in [-0.15, -0.1) is 0 Å². The van der Waals surface area contributed by atoms with E-state index >= 15 is 0 Å². The Labute approximate surface area is 178 Å². The van der Waals surface area contributed by atoms with E-state index in [1.165, 1.54) is 12.1 Å². The number of aromatic nitrogens is 2. The van der Waals surface area contributed by atoms with Gasteiger partial charge in [0.1, 0.15) is 18.1 Å². The molecule has 0 spiro atoms. The van der Waals surface area contributed by atoms with Gasteiger partial charge in [-0.05, 0) is 53.3 Å². The molecule has 31 heavy (non-hydrogen) atoms. The molecule has 1 aromatic heterocycles. The molecule has 0 radical (unpaired) electrons. The van der Waals surface area contributed by atoms with Crippen LogP contribution in [0.25, 0.3) is 27.4 Å². The van der Waals surface area contributed by atoms with E-state index in [1.54, 1.807) is 42.6 Å².